The van der Waals surface area contributed by atoms with Crippen LogP contribution in [0.5, 0.6) is 0 Å². The van der Waals surface area contributed by atoms with E-state index in [1.807, 2.05) is 11.8 Å². The van der Waals surface area contributed by atoms with Crippen molar-refractivity contribution < 1.29 is 9.53 Å². The Labute approximate surface area is 96.5 Å². The monoisotopic (exact) mass is 231 g/mol. The Morgan fingerprint density at radius 3 is 2.67 bits per heavy atom. The normalized spacial score (nSPS) is 19.9. The van der Waals surface area contributed by atoms with Crippen molar-refractivity contribution in [3.63, 3.8) is 0 Å². The van der Waals surface area contributed by atoms with E-state index in [0.29, 0.717) is 0 Å². The summed E-state index contributed by atoms with van der Waals surface area (Å²) in [6, 6.07) is -0.00384. The van der Waals surface area contributed by atoms with Gasteiger partial charge in [-0.3, -0.25) is 9.69 Å². The highest BCUT2D eigenvalue weighted by molar-refractivity contribution is 7.99. The molecule has 4 heteroatoms. The number of methoxy groups -OCH3 is 1. The summed E-state index contributed by atoms with van der Waals surface area (Å²) in [5.74, 6) is 2.22. The Kier molecular flexibility index (Phi) is 6.10. The topological polar surface area (TPSA) is 29.5 Å². The third-order valence-corrected chi connectivity index (χ3v) is 3.73. The molecule has 0 aromatic rings. The van der Waals surface area contributed by atoms with E-state index in [0.717, 1.165) is 43.9 Å². The SMILES string of the molecule is CCCCC(C(=O)OC)N1CCSCC1. The molecular weight excluding hydrogens is 210 g/mol. The summed E-state index contributed by atoms with van der Waals surface area (Å²) in [6.07, 6.45) is 3.17. The van der Waals surface area contributed by atoms with Gasteiger partial charge in [0.2, 0.25) is 0 Å². The first-order valence-corrected chi connectivity index (χ1v) is 6.84. The zero-order valence-corrected chi connectivity index (χ0v) is 10.5. The van der Waals surface area contributed by atoms with Crippen molar-refractivity contribution >= 4 is 17.7 Å². The van der Waals surface area contributed by atoms with Gasteiger partial charge in [0.25, 0.3) is 0 Å². The van der Waals surface area contributed by atoms with E-state index < -0.39 is 0 Å². The van der Waals surface area contributed by atoms with Gasteiger partial charge in [0.15, 0.2) is 0 Å². The highest BCUT2D eigenvalue weighted by atomic mass is 32.2. The molecule has 88 valence electrons. The van der Waals surface area contributed by atoms with E-state index in [-0.39, 0.29) is 12.0 Å². The van der Waals surface area contributed by atoms with Crippen molar-refractivity contribution in [1.29, 1.82) is 0 Å². The van der Waals surface area contributed by atoms with Crippen LogP contribution >= 0.6 is 11.8 Å². The minimum Gasteiger partial charge on any atom is -0.468 e. The van der Waals surface area contributed by atoms with Crippen LogP contribution in [-0.2, 0) is 9.53 Å². The third kappa shape index (κ3) is 4.03. The second-order valence-electron chi connectivity index (χ2n) is 3.83. The Hall–Kier alpha value is -0.220. The second kappa shape index (κ2) is 7.12. The van der Waals surface area contributed by atoms with Gasteiger partial charge in [0, 0.05) is 24.6 Å². The standard InChI is InChI=1S/C11H21NO2S/c1-3-4-5-10(11(13)14-2)12-6-8-15-9-7-12/h10H,3-9H2,1-2H3. The molecule has 0 bridgehead atoms. The van der Waals surface area contributed by atoms with Crippen LogP contribution in [0.15, 0.2) is 0 Å². The van der Waals surface area contributed by atoms with Crippen LogP contribution in [0.2, 0.25) is 0 Å². The van der Waals surface area contributed by atoms with Gasteiger partial charge in [-0.2, -0.15) is 11.8 Å². The lowest BCUT2D eigenvalue weighted by atomic mass is 10.1. The highest BCUT2D eigenvalue weighted by Crippen LogP contribution is 2.16. The molecule has 0 saturated carbocycles. The maximum absolute atomic E-state index is 11.6. The molecule has 1 heterocycles. The molecule has 1 saturated heterocycles. The lowest BCUT2D eigenvalue weighted by Gasteiger charge is -2.32. The van der Waals surface area contributed by atoms with E-state index in [2.05, 4.69) is 11.8 Å². The van der Waals surface area contributed by atoms with Gasteiger partial charge in [-0.15, -0.1) is 0 Å². The number of esters is 1. The van der Waals surface area contributed by atoms with Crippen LogP contribution in [0.25, 0.3) is 0 Å². The lowest BCUT2D eigenvalue weighted by Crippen LogP contribution is -2.46. The number of hydrogen-bond acceptors (Lipinski definition) is 4. The van der Waals surface area contributed by atoms with E-state index in [1.165, 1.54) is 7.11 Å². The average molecular weight is 231 g/mol. The highest BCUT2D eigenvalue weighted by Gasteiger charge is 2.27. The summed E-state index contributed by atoms with van der Waals surface area (Å²) in [5.41, 5.74) is 0. The number of carbonyl (C=O) groups excluding carboxylic acids is 1. The quantitative estimate of drug-likeness (QED) is 0.674. The number of nitrogens with zero attached hydrogens (tertiary/aromatic N) is 1. The van der Waals surface area contributed by atoms with Crippen molar-refractivity contribution in [2.75, 3.05) is 31.7 Å². The smallest absolute Gasteiger partial charge is 0.323 e. The second-order valence-corrected chi connectivity index (χ2v) is 5.05. The first-order valence-electron chi connectivity index (χ1n) is 5.69. The molecule has 1 fully saturated rings. The van der Waals surface area contributed by atoms with E-state index in [1.54, 1.807) is 0 Å². The summed E-state index contributed by atoms with van der Waals surface area (Å²) >= 11 is 1.97. The molecule has 0 aliphatic carbocycles. The molecule has 15 heavy (non-hydrogen) atoms. The Bertz CT molecular complexity index is 193. The van der Waals surface area contributed by atoms with Crippen LogP contribution in [0, 0.1) is 0 Å². The molecule has 0 aromatic heterocycles. The number of ether oxygens (including phenoxy) is 1. The molecule has 0 N–H and O–H groups in total. The third-order valence-electron chi connectivity index (χ3n) is 2.79. The Morgan fingerprint density at radius 2 is 2.13 bits per heavy atom. The number of hydrogen-bond donors (Lipinski definition) is 0. The summed E-state index contributed by atoms with van der Waals surface area (Å²) < 4.78 is 4.88. The molecule has 0 amide bonds. The van der Waals surface area contributed by atoms with Crippen LogP contribution in [0.1, 0.15) is 26.2 Å². The van der Waals surface area contributed by atoms with Crippen LogP contribution < -0.4 is 0 Å². The van der Waals surface area contributed by atoms with Gasteiger partial charge >= 0.3 is 5.97 Å². The maximum Gasteiger partial charge on any atom is 0.323 e. The maximum atomic E-state index is 11.6. The molecular formula is C11H21NO2S. The predicted octanol–water partition coefficient (Wildman–Crippen LogP) is 1.77. The molecule has 1 aliphatic rings. The van der Waals surface area contributed by atoms with Gasteiger partial charge in [-0.1, -0.05) is 19.8 Å². The van der Waals surface area contributed by atoms with Crippen molar-refractivity contribution in [1.82, 2.24) is 4.90 Å². The summed E-state index contributed by atoms with van der Waals surface area (Å²) in [6.45, 7) is 4.20. The Morgan fingerprint density at radius 1 is 1.47 bits per heavy atom. The molecule has 1 atom stereocenters. The minimum atomic E-state index is -0.0599. The van der Waals surface area contributed by atoms with Crippen LogP contribution in [-0.4, -0.2) is 48.6 Å². The zero-order chi connectivity index (χ0) is 11.1. The molecule has 0 radical (unpaired) electrons. The molecule has 0 aromatic carbocycles. The fourth-order valence-electron chi connectivity index (χ4n) is 1.87. The zero-order valence-electron chi connectivity index (χ0n) is 9.70. The molecule has 1 unspecified atom stereocenters. The fourth-order valence-corrected chi connectivity index (χ4v) is 2.80. The number of rotatable bonds is 5. The number of unbranched alkanes of at least 4 members (excludes halogenated alkanes) is 1. The number of carbonyl (C=O) groups is 1. The predicted molar refractivity (Wildman–Crippen MR) is 64.2 cm³/mol. The van der Waals surface area contributed by atoms with Crippen LogP contribution in [0.4, 0.5) is 0 Å². The molecule has 0 spiro atoms. The van der Waals surface area contributed by atoms with Crippen molar-refractivity contribution in [2.24, 2.45) is 0 Å². The molecule has 1 rings (SSSR count). The van der Waals surface area contributed by atoms with Gasteiger partial charge in [-0.05, 0) is 6.42 Å². The van der Waals surface area contributed by atoms with Gasteiger partial charge in [0.05, 0.1) is 7.11 Å². The van der Waals surface area contributed by atoms with Crippen molar-refractivity contribution in [2.45, 2.75) is 32.2 Å². The summed E-state index contributed by atoms with van der Waals surface area (Å²) in [7, 11) is 1.49. The van der Waals surface area contributed by atoms with E-state index in [9.17, 15) is 4.79 Å². The van der Waals surface area contributed by atoms with Crippen molar-refractivity contribution in [3.8, 4) is 0 Å². The average Bonchev–Trinajstić information content (AvgIpc) is 2.30. The van der Waals surface area contributed by atoms with E-state index >= 15 is 0 Å². The molecule has 1 aliphatic heterocycles. The first kappa shape index (κ1) is 12.8. The van der Waals surface area contributed by atoms with Crippen LogP contribution in [0.3, 0.4) is 0 Å². The van der Waals surface area contributed by atoms with Gasteiger partial charge < -0.3 is 4.74 Å². The van der Waals surface area contributed by atoms with E-state index in [4.69, 9.17) is 4.74 Å². The minimum absolute atomic E-state index is 0.00384. The number of thioether (sulfide) groups is 1. The molecule has 3 nitrogen and oxygen atoms in total. The fraction of sp³-hybridized carbons (Fsp3) is 0.909. The van der Waals surface area contributed by atoms with Gasteiger partial charge in [-0.25, -0.2) is 0 Å². The summed E-state index contributed by atoms with van der Waals surface area (Å²) in [5, 5.41) is 0. The lowest BCUT2D eigenvalue weighted by molar-refractivity contribution is -0.147. The Balaban J connectivity index is 2.49. The van der Waals surface area contributed by atoms with Crippen molar-refractivity contribution in [3.05, 3.63) is 0 Å². The largest absolute Gasteiger partial charge is 0.468 e. The first-order chi connectivity index (χ1) is 7.29. The van der Waals surface area contributed by atoms with Gasteiger partial charge in [0.1, 0.15) is 6.04 Å². The summed E-state index contributed by atoms with van der Waals surface area (Å²) in [4.78, 5) is 13.9.